The number of aromatic nitrogens is 2. The molecule has 1 N–H and O–H groups in total. The first-order chi connectivity index (χ1) is 14.7. The molecule has 3 aromatic rings. The zero-order chi connectivity index (χ0) is 22.7. The van der Waals surface area contributed by atoms with Crippen LogP contribution in [0, 0.1) is 12.7 Å². The van der Waals surface area contributed by atoms with Gasteiger partial charge in [0.2, 0.25) is 11.3 Å². The van der Waals surface area contributed by atoms with Crippen molar-refractivity contribution in [3.8, 4) is 5.69 Å². The summed E-state index contributed by atoms with van der Waals surface area (Å²) in [6.45, 7) is 1.18. The Morgan fingerprint density at radius 3 is 2.42 bits per heavy atom. The van der Waals surface area contributed by atoms with Crippen LogP contribution in [0.25, 0.3) is 5.69 Å². The number of amides is 2. The third kappa shape index (κ3) is 4.92. The van der Waals surface area contributed by atoms with E-state index in [-0.39, 0.29) is 21.4 Å². The molecule has 160 valence electrons. The second-order valence-corrected chi connectivity index (χ2v) is 7.48. The second-order valence-electron chi connectivity index (χ2n) is 6.67. The molecular weight excluding hydrogens is 446 g/mol. The van der Waals surface area contributed by atoms with Crippen molar-refractivity contribution in [3.63, 3.8) is 0 Å². The van der Waals surface area contributed by atoms with Crippen LogP contribution < -0.4 is 10.7 Å². The minimum absolute atomic E-state index is 0.0859. The van der Waals surface area contributed by atoms with Crippen LogP contribution in [0.4, 0.5) is 10.1 Å². The molecule has 3 rings (SSSR count). The number of carbonyl (C=O) groups excluding carboxylic acids is 2. The maximum atomic E-state index is 14.2. The predicted molar refractivity (Wildman–Crippen MR) is 117 cm³/mol. The summed E-state index contributed by atoms with van der Waals surface area (Å²) in [4.78, 5) is 38.5. The summed E-state index contributed by atoms with van der Waals surface area (Å²) < 4.78 is 15.4. The van der Waals surface area contributed by atoms with Crippen LogP contribution in [-0.4, -0.2) is 40.1 Å². The summed E-state index contributed by atoms with van der Waals surface area (Å²) in [6.07, 6.45) is 0. The number of anilines is 1. The van der Waals surface area contributed by atoms with Gasteiger partial charge in [0.1, 0.15) is 11.5 Å². The Bertz CT molecular complexity index is 1210. The van der Waals surface area contributed by atoms with Gasteiger partial charge in [-0.05, 0) is 31.2 Å². The van der Waals surface area contributed by atoms with Crippen LogP contribution in [0.5, 0.6) is 0 Å². The minimum Gasteiger partial charge on any atom is -0.331 e. The van der Waals surface area contributed by atoms with Crippen LogP contribution in [0.15, 0.2) is 53.3 Å². The Morgan fingerprint density at radius 1 is 1.13 bits per heavy atom. The number of hydrogen-bond acceptors (Lipinski definition) is 4. The lowest BCUT2D eigenvalue weighted by molar-refractivity contribution is -0.116. The SMILES string of the molecule is Cc1cc(=O)c(C(=O)N(C)CC(=O)Nc2c(Cl)cccc2Cl)nn1-c1ccccc1F. The second kappa shape index (κ2) is 9.28. The molecule has 0 saturated carbocycles. The van der Waals surface area contributed by atoms with Gasteiger partial charge in [-0.25, -0.2) is 9.07 Å². The molecule has 0 radical (unpaired) electrons. The number of aryl methyl sites for hydroxylation is 1. The van der Waals surface area contributed by atoms with E-state index in [9.17, 15) is 18.8 Å². The smallest absolute Gasteiger partial charge is 0.278 e. The summed E-state index contributed by atoms with van der Waals surface area (Å²) in [5.41, 5.74) is -0.438. The van der Waals surface area contributed by atoms with Crippen molar-refractivity contribution in [2.75, 3.05) is 18.9 Å². The Kier molecular flexibility index (Phi) is 6.72. The van der Waals surface area contributed by atoms with Crippen LogP contribution in [0.1, 0.15) is 16.2 Å². The molecule has 0 aliphatic rings. The number of nitrogens with one attached hydrogen (secondary N) is 1. The van der Waals surface area contributed by atoms with Gasteiger partial charge >= 0.3 is 0 Å². The molecule has 1 aromatic heterocycles. The molecule has 0 spiro atoms. The van der Waals surface area contributed by atoms with E-state index in [1.54, 1.807) is 31.2 Å². The van der Waals surface area contributed by atoms with Gasteiger partial charge in [-0.3, -0.25) is 14.4 Å². The van der Waals surface area contributed by atoms with Gasteiger partial charge in [0.25, 0.3) is 5.91 Å². The van der Waals surface area contributed by atoms with E-state index < -0.39 is 35.3 Å². The number of hydrogen-bond donors (Lipinski definition) is 1. The number of halogens is 3. The molecule has 0 atom stereocenters. The van der Waals surface area contributed by atoms with E-state index in [0.717, 1.165) is 4.90 Å². The van der Waals surface area contributed by atoms with Crippen molar-refractivity contribution >= 4 is 40.7 Å². The molecule has 0 bridgehead atoms. The average Bonchev–Trinajstić information content (AvgIpc) is 2.71. The summed E-state index contributed by atoms with van der Waals surface area (Å²) in [6, 6.07) is 11.8. The number of para-hydroxylation sites is 2. The van der Waals surface area contributed by atoms with Gasteiger partial charge in [-0.2, -0.15) is 5.10 Å². The van der Waals surface area contributed by atoms with Crippen molar-refractivity contribution in [1.29, 1.82) is 0 Å². The number of nitrogens with zero attached hydrogens (tertiary/aromatic N) is 3. The Labute approximate surface area is 187 Å². The summed E-state index contributed by atoms with van der Waals surface area (Å²) in [7, 11) is 1.34. The fraction of sp³-hybridized carbons (Fsp3) is 0.143. The summed E-state index contributed by atoms with van der Waals surface area (Å²) >= 11 is 12.1. The molecule has 10 heteroatoms. The zero-order valence-corrected chi connectivity index (χ0v) is 18.0. The van der Waals surface area contributed by atoms with E-state index in [0.29, 0.717) is 5.69 Å². The third-order valence-corrected chi connectivity index (χ3v) is 4.98. The molecule has 0 aliphatic heterocycles. The fourth-order valence-electron chi connectivity index (χ4n) is 2.83. The zero-order valence-electron chi connectivity index (χ0n) is 16.5. The molecule has 0 fully saturated rings. The van der Waals surface area contributed by atoms with Crippen LogP contribution in [0.2, 0.25) is 10.0 Å². The van der Waals surface area contributed by atoms with Crippen molar-refractivity contribution in [2.45, 2.75) is 6.92 Å². The van der Waals surface area contributed by atoms with Crippen LogP contribution >= 0.6 is 23.2 Å². The Hall–Kier alpha value is -3.23. The first-order valence-corrected chi connectivity index (χ1v) is 9.80. The van der Waals surface area contributed by atoms with Gasteiger partial charge in [-0.15, -0.1) is 0 Å². The van der Waals surface area contributed by atoms with Gasteiger partial charge in [0.15, 0.2) is 5.69 Å². The lowest BCUT2D eigenvalue weighted by atomic mass is 10.2. The van der Waals surface area contributed by atoms with Gasteiger partial charge in [0, 0.05) is 18.8 Å². The molecular formula is C21H17Cl2FN4O3. The highest BCUT2D eigenvalue weighted by Gasteiger charge is 2.22. The van der Waals surface area contributed by atoms with Crippen molar-refractivity contribution < 1.29 is 14.0 Å². The normalized spacial score (nSPS) is 10.6. The standard InChI is InChI=1S/C21H17Cl2FN4O3/c1-12-10-17(29)20(26-28(12)16-9-4-3-8-15(16)24)21(31)27(2)11-18(30)25-19-13(22)6-5-7-14(19)23/h3-10H,11H2,1-2H3,(H,25,30). The number of carbonyl (C=O) groups is 2. The molecule has 1 heterocycles. The highest BCUT2D eigenvalue weighted by Crippen LogP contribution is 2.29. The highest BCUT2D eigenvalue weighted by atomic mass is 35.5. The largest absolute Gasteiger partial charge is 0.331 e. The van der Waals surface area contributed by atoms with Crippen molar-refractivity contribution in [2.24, 2.45) is 0 Å². The molecule has 2 aromatic carbocycles. The van der Waals surface area contributed by atoms with Crippen LogP contribution in [-0.2, 0) is 4.79 Å². The van der Waals surface area contributed by atoms with Gasteiger partial charge in [0.05, 0.1) is 22.3 Å². The summed E-state index contributed by atoms with van der Waals surface area (Å²) in [5, 5.41) is 7.05. The number of likely N-dealkylation sites (N-methyl/N-ethyl adjacent to an activating group) is 1. The number of benzene rings is 2. The monoisotopic (exact) mass is 462 g/mol. The Morgan fingerprint density at radius 2 is 1.77 bits per heavy atom. The Balaban J connectivity index is 1.84. The highest BCUT2D eigenvalue weighted by molar-refractivity contribution is 6.39. The molecule has 2 amide bonds. The van der Waals surface area contributed by atoms with E-state index in [2.05, 4.69) is 10.4 Å². The number of rotatable bonds is 5. The molecule has 31 heavy (non-hydrogen) atoms. The molecule has 0 aliphatic carbocycles. The first-order valence-electron chi connectivity index (χ1n) is 9.04. The maximum Gasteiger partial charge on any atom is 0.278 e. The van der Waals surface area contributed by atoms with Gasteiger partial charge in [-0.1, -0.05) is 41.4 Å². The third-order valence-electron chi connectivity index (χ3n) is 4.35. The molecule has 0 unspecified atom stereocenters. The maximum absolute atomic E-state index is 14.2. The molecule has 0 saturated heterocycles. The summed E-state index contributed by atoms with van der Waals surface area (Å²) in [5.74, 6) is -1.94. The fourth-order valence-corrected chi connectivity index (χ4v) is 3.32. The first kappa shape index (κ1) is 22.5. The lowest BCUT2D eigenvalue weighted by Crippen LogP contribution is -2.38. The van der Waals surface area contributed by atoms with E-state index in [1.165, 1.54) is 36.0 Å². The van der Waals surface area contributed by atoms with E-state index in [1.807, 2.05) is 0 Å². The van der Waals surface area contributed by atoms with Crippen LogP contribution in [0.3, 0.4) is 0 Å². The molecule has 7 nitrogen and oxygen atoms in total. The average molecular weight is 463 g/mol. The quantitative estimate of drug-likeness (QED) is 0.626. The lowest BCUT2D eigenvalue weighted by Gasteiger charge is -2.18. The topological polar surface area (TPSA) is 84.3 Å². The van der Waals surface area contributed by atoms with Crippen molar-refractivity contribution in [1.82, 2.24) is 14.7 Å². The minimum atomic E-state index is -0.796. The van der Waals surface area contributed by atoms with E-state index >= 15 is 0 Å². The van der Waals surface area contributed by atoms with E-state index in [4.69, 9.17) is 23.2 Å². The van der Waals surface area contributed by atoms with Gasteiger partial charge < -0.3 is 10.2 Å². The predicted octanol–water partition coefficient (Wildman–Crippen LogP) is 3.70. The van der Waals surface area contributed by atoms with Crippen molar-refractivity contribution in [3.05, 3.63) is 86.0 Å².